The molecule has 0 saturated heterocycles. The van der Waals surface area contributed by atoms with Crippen LogP contribution in [-0.4, -0.2) is 24.7 Å². The Morgan fingerprint density at radius 2 is 2.00 bits per heavy atom. The van der Waals surface area contributed by atoms with Crippen LogP contribution in [0.25, 0.3) is 33.9 Å². The number of H-pyrrole nitrogens is 1. The molecular formula is C19H14N6. The summed E-state index contributed by atoms with van der Waals surface area (Å²) >= 11 is 0. The molecule has 0 atom stereocenters. The topological polar surface area (TPSA) is 83.2 Å². The van der Waals surface area contributed by atoms with Crippen LogP contribution in [0, 0.1) is 11.3 Å². The minimum atomic E-state index is 0.458. The summed E-state index contributed by atoms with van der Waals surface area (Å²) in [6.45, 7) is 0. The van der Waals surface area contributed by atoms with Crippen LogP contribution in [0.3, 0.4) is 0 Å². The Morgan fingerprint density at radius 1 is 1.20 bits per heavy atom. The molecule has 0 fully saturated rings. The zero-order valence-electron chi connectivity index (χ0n) is 13.5. The summed E-state index contributed by atoms with van der Waals surface area (Å²) in [7, 11) is 1.86. The van der Waals surface area contributed by atoms with E-state index in [4.69, 9.17) is 0 Å². The summed E-state index contributed by atoms with van der Waals surface area (Å²) in [6.07, 6.45) is 7.14. The summed E-state index contributed by atoms with van der Waals surface area (Å²) in [5, 5.41) is 14.1. The number of rotatable bonds is 3. The van der Waals surface area contributed by atoms with Crippen molar-refractivity contribution in [3.63, 3.8) is 0 Å². The van der Waals surface area contributed by atoms with Crippen LogP contribution >= 0.6 is 0 Å². The lowest BCUT2D eigenvalue weighted by atomic mass is 10.1. The molecule has 0 aliphatic rings. The van der Waals surface area contributed by atoms with Gasteiger partial charge in [-0.2, -0.15) is 10.4 Å². The van der Waals surface area contributed by atoms with E-state index in [1.807, 2.05) is 49.6 Å². The summed E-state index contributed by atoms with van der Waals surface area (Å²) < 4.78 is 1.73. The molecule has 0 radical (unpaired) electrons. The van der Waals surface area contributed by atoms with E-state index in [-0.39, 0.29) is 0 Å². The van der Waals surface area contributed by atoms with E-state index in [0.29, 0.717) is 11.4 Å². The van der Waals surface area contributed by atoms with Crippen molar-refractivity contribution < 1.29 is 0 Å². The lowest BCUT2D eigenvalue weighted by molar-refractivity contribution is 0.770. The van der Waals surface area contributed by atoms with Crippen LogP contribution in [0.4, 0.5) is 0 Å². The molecule has 0 amide bonds. The van der Waals surface area contributed by atoms with Gasteiger partial charge in [-0.3, -0.25) is 9.67 Å². The van der Waals surface area contributed by atoms with E-state index in [1.54, 1.807) is 23.2 Å². The molecule has 1 aromatic carbocycles. The zero-order chi connectivity index (χ0) is 17.2. The van der Waals surface area contributed by atoms with Crippen molar-refractivity contribution in [2.75, 3.05) is 0 Å². The molecule has 4 aromatic rings. The Balaban J connectivity index is 1.83. The van der Waals surface area contributed by atoms with Gasteiger partial charge in [-0.25, -0.2) is 4.98 Å². The van der Waals surface area contributed by atoms with E-state index < -0.39 is 0 Å². The molecule has 6 nitrogen and oxygen atoms in total. The molecule has 0 bridgehead atoms. The minimum Gasteiger partial charge on any atom is -0.337 e. The average molecular weight is 326 g/mol. The number of nitriles is 1. The molecule has 0 saturated carbocycles. The van der Waals surface area contributed by atoms with E-state index in [9.17, 15) is 5.26 Å². The predicted molar refractivity (Wildman–Crippen MR) is 96.0 cm³/mol. The Morgan fingerprint density at radius 3 is 2.76 bits per heavy atom. The molecule has 0 aliphatic heterocycles. The third kappa shape index (κ3) is 2.79. The maximum Gasteiger partial charge on any atom is 0.149 e. The summed E-state index contributed by atoms with van der Waals surface area (Å²) in [4.78, 5) is 11.7. The van der Waals surface area contributed by atoms with E-state index in [2.05, 4.69) is 26.1 Å². The van der Waals surface area contributed by atoms with Crippen molar-refractivity contribution in [2.24, 2.45) is 7.05 Å². The van der Waals surface area contributed by atoms with Crippen LogP contribution < -0.4 is 0 Å². The highest BCUT2D eigenvalue weighted by molar-refractivity contribution is 5.92. The average Bonchev–Trinajstić information content (AvgIpc) is 3.23. The minimum absolute atomic E-state index is 0.458. The van der Waals surface area contributed by atoms with Crippen LogP contribution in [0.15, 0.2) is 55.0 Å². The number of pyridine rings is 1. The highest BCUT2D eigenvalue weighted by Crippen LogP contribution is 2.26. The number of para-hydroxylation sites is 2. The van der Waals surface area contributed by atoms with Gasteiger partial charge in [0.05, 0.1) is 22.3 Å². The Kier molecular flexibility index (Phi) is 3.60. The summed E-state index contributed by atoms with van der Waals surface area (Å²) in [5.41, 5.74) is 4.79. The number of allylic oxidation sites excluding steroid dienone is 1. The van der Waals surface area contributed by atoms with Crippen LogP contribution in [0.5, 0.6) is 0 Å². The van der Waals surface area contributed by atoms with Crippen molar-refractivity contribution in [3.8, 4) is 17.3 Å². The second-order valence-corrected chi connectivity index (χ2v) is 5.61. The Labute approximate surface area is 144 Å². The normalized spacial score (nSPS) is 11.6. The lowest BCUT2D eigenvalue weighted by Crippen LogP contribution is -1.88. The second kappa shape index (κ2) is 6.06. The predicted octanol–water partition coefficient (Wildman–Crippen LogP) is 3.42. The summed E-state index contributed by atoms with van der Waals surface area (Å²) in [5.74, 6) is 0.549. The van der Waals surface area contributed by atoms with Gasteiger partial charge in [-0.1, -0.05) is 12.1 Å². The maximum atomic E-state index is 9.62. The molecule has 0 unspecified atom stereocenters. The number of nitrogens with one attached hydrogen (secondary N) is 1. The number of benzene rings is 1. The van der Waals surface area contributed by atoms with Gasteiger partial charge in [-0.05, 0) is 30.3 Å². The molecule has 6 heteroatoms. The first-order chi connectivity index (χ1) is 12.2. The lowest BCUT2D eigenvalue weighted by Gasteiger charge is -1.98. The first kappa shape index (κ1) is 14.8. The molecule has 0 aliphatic carbocycles. The Bertz CT molecular complexity index is 1080. The van der Waals surface area contributed by atoms with Gasteiger partial charge in [0.25, 0.3) is 0 Å². The third-order valence-corrected chi connectivity index (χ3v) is 3.88. The largest absolute Gasteiger partial charge is 0.337 e. The highest BCUT2D eigenvalue weighted by Gasteiger charge is 2.12. The second-order valence-electron chi connectivity index (χ2n) is 5.61. The third-order valence-electron chi connectivity index (χ3n) is 3.88. The van der Waals surface area contributed by atoms with Crippen molar-refractivity contribution >= 4 is 22.7 Å². The van der Waals surface area contributed by atoms with Crippen molar-refractivity contribution in [2.45, 2.75) is 0 Å². The van der Waals surface area contributed by atoms with E-state index >= 15 is 0 Å². The van der Waals surface area contributed by atoms with E-state index in [0.717, 1.165) is 27.9 Å². The van der Waals surface area contributed by atoms with Crippen molar-refractivity contribution in [3.05, 3.63) is 66.4 Å². The SMILES string of the molecule is Cn1cc(C=C(C#N)c2nc3ccccc3[nH]2)c(-c2ccncc2)n1. The van der Waals surface area contributed by atoms with Gasteiger partial charge in [0.2, 0.25) is 0 Å². The first-order valence-corrected chi connectivity index (χ1v) is 7.75. The number of nitrogens with zero attached hydrogens (tertiary/aromatic N) is 5. The fraction of sp³-hybridized carbons (Fsp3) is 0.0526. The molecule has 4 rings (SSSR count). The highest BCUT2D eigenvalue weighted by atomic mass is 15.2. The van der Waals surface area contributed by atoms with Gasteiger partial charge in [0.15, 0.2) is 0 Å². The van der Waals surface area contributed by atoms with Gasteiger partial charge >= 0.3 is 0 Å². The number of aromatic nitrogens is 5. The number of aromatic amines is 1. The number of hydrogen-bond donors (Lipinski definition) is 1. The zero-order valence-corrected chi connectivity index (χ0v) is 13.5. The molecule has 1 N–H and O–H groups in total. The van der Waals surface area contributed by atoms with Crippen LogP contribution in [-0.2, 0) is 7.05 Å². The first-order valence-electron chi connectivity index (χ1n) is 7.75. The molecule has 3 heterocycles. The fourth-order valence-electron chi connectivity index (χ4n) is 2.74. The maximum absolute atomic E-state index is 9.62. The molecule has 0 spiro atoms. The molecule has 120 valence electrons. The number of fused-ring (bicyclic) bond motifs is 1. The fourth-order valence-corrected chi connectivity index (χ4v) is 2.74. The van der Waals surface area contributed by atoms with E-state index in [1.165, 1.54) is 0 Å². The standard InChI is InChI=1S/C19H14N6/c1-25-12-15(18(24-25)13-6-8-21-9-7-13)10-14(11-20)19-22-16-4-2-3-5-17(16)23-19/h2-10,12H,1H3,(H,22,23). The van der Waals surface area contributed by atoms with Crippen molar-refractivity contribution in [1.29, 1.82) is 5.26 Å². The smallest absolute Gasteiger partial charge is 0.149 e. The summed E-state index contributed by atoms with van der Waals surface area (Å²) in [6, 6.07) is 13.7. The number of aryl methyl sites for hydroxylation is 1. The molecule has 25 heavy (non-hydrogen) atoms. The Hall–Kier alpha value is -3.72. The molecule has 3 aromatic heterocycles. The van der Waals surface area contributed by atoms with Gasteiger partial charge in [-0.15, -0.1) is 0 Å². The van der Waals surface area contributed by atoms with Crippen LogP contribution in [0.2, 0.25) is 0 Å². The molecular weight excluding hydrogens is 312 g/mol. The quantitative estimate of drug-likeness (QED) is 0.585. The van der Waals surface area contributed by atoms with Gasteiger partial charge in [0, 0.05) is 36.8 Å². The van der Waals surface area contributed by atoms with Crippen molar-refractivity contribution in [1.82, 2.24) is 24.7 Å². The monoisotopic (exact) mass is 326 g/mol. The van der Waals surface area contributed by atoms with Crippen LogP contribution in [0.1, 0.15) is 11.4 Å². The number of imidazole rings is 1. The number of hydrogen-bond acceptors (Lipinski definition) is 4. The van der Waals surface area contributed by atoms with Gasteiger partial charge in [0.1, 0.15) is 11.9 Å². The van der Waals surface area contributed by atoms with Gasteiger partial charge < -0.3 is 4.98 Å².